The highest BCUT2D eigenvalue weighted by atomic mass is 16.5. The van der Waals surface area contributed by atoms with Crippen LogP contribution in [0.25, 0.3) is 22.2 Å². The van der Waals surface area contributed by atoms with E-state index in [1.807, 2.05) is 37.4 Å². The van der Waals surface area contributed by atoms with E-state index in [1.54, 1.807) is 11.6 Å². The minimum absolute atomic E-state index is 0.141. The summed E-state index contributed by atoms with van der Waals surface area (Å²) in [6, 6.07) is 8.13. The van der Waals surface area contributed by atoms with Crippen molar-refractivity contribution in [1.29, 1.82) is 0 Å². The van der Waals surface area contributed by atoms with Gasteiger partial charge in [0.2, 0.25) is 0 Å². The smallest absolute Gasteiger partial charge is 0.330 e. The summed E-state index contributed by atoms with van der Waals surface area (Å²) in [4.78, 5) is 25.3. The highest BCUT2D eigenvalue weighted by Gasteiger charge is 2.22. The predicted octanol–water partition coefficient (Wildman–Crippen LogP) is 2.19. The molecule has 0 bridgehead atoms. The molecule has 1 aromatic carbocycles. The molecule has 26 heavy (non-hydrogen) atoms. The number of hydrogen-bond donors (Lipinski definition) is 0. The van der Waals surface area contributed by atoms with Crippen molar-refractivity contribution in [2.24, 2.45) is 14.1 Å². The molecule has 1 aliphatic heterocycles. The molecule has 0 amide bonds. The molecule has 1 saturated heterocycles. The largest absolute Gasteiger partial charge is 0.376 e. The number of rotatable bonds is 3. The van der Waals surface area contributed by atoms with E-state index in [0.717, 1.165) is 36.3 Å². The number of nitrogens with zero attached hydrogens (tertiary/aromatic N) is 3. The quantitative estimate of drug-likeness (QED) is 0.725. The third-order valence-corrected chi connectivity index (χ3v) is 5.26. The van der Waals surface area contributed by atoms with Crippen molar-refractivity contribution in [2.45, 2.75) is 32.4 Å². The van der Waals surface area contributed by atoms with Gasteiger partial charge in [-0.2, -0.15) is 0 Å². The summed E-state index contributed by atoms with van der Waals surface area (Å²) >= 11 is 0. The Bertz CT molecular complexity index is 1080. The molecule has 0 radical (unpaired) electrons. The number of hydrogen-bond acceptors (Lipinski definition) is 3. The number of aromatic nitrogens is 3. The van der Waals surface area contributed by atoms with Crippen molar-refractivity contribution in [3.8, 4) is 11.3 Å². The minimum Gasteiger partial charge on any atom is -0.376 e. The summed E-state index contributed by atoms with van der Waals surface area (Å²) < 4.78 is 10.6. The first-order valence-corrected chi connectivity index (χ1v) is 8.95. The van der Waals surface area contributed by atoms with Gasteiger partial charge in [0, 0.05) is 33.4 Å². The minimum atomic E-state index is -0.313. The average molecular weight is 353 g/mol. The summed E-state index contributed by atoms with van der Waals surface area (Å²) in [6.45, 7) is 3.50. The molecule has 136 valence electrons. The van der Waals surface area contributed by atoms with E-state index < -0.39 is 0 Å². The van der Waals surface area contributed by atoms with Gasteiger partial charge in [-0.15, -0.1) is 0 Å². The third-order valence-electron chi connectivity index (χ3n) is 5.26. The predicted molar refractivity (Wildman–Crippen MR) is 102 cm³/mol. The average Bonchev–Trinajstić information content (AvgIpc) is 3.27. The molecule has 2 aromatic heterocycles. The molecule has 3 heterocycles. The van der Waals surface area contributed by atoms with Crippen molar-refractivity contribution < 1.29 is 4.74 Å². The van der Waals surface area contributed by atoms with E-state index in [9.17, 15) is 9.59 Å². The van der Waals surface area contributed by atoms with Gasteiger partial charge in [-0.3, -0.25) is 13.9 Å². The van der Waals surface area contributed by atoms with E-state index in [4.69, 9.17) is 4.74 Å². The van der Waals surface area contributed by atoms with Crippen molar-refractivity contribution in [1.82, 2.24) is 13.7 Å². The second kappa shape index (κ2) is 6.29. The van der Waals surface area contributed by atoms with Gasteiger partial charge in [0.15, 0.2) is 0 Å². The monoisotopic (exact) mass is 353 g/mol. The molecule has 0 saturated carbocycles. The lowest BCUT2D eigenvalue weighted by Crippen LogP contribution is -2.36. The highest BCUT2D eigenvalue weighted by molar-refractivity contribution is 5.93. The summed E-state index contributed by atoms with van der Waals surface area (Å²) in [7, 11) is 3.24. The molecule has 0 spiro atoms. The zero-order valence-electron chi connectivity index (χ0n) is 15.4. The normalized spacial score (nSPS) is 17.3. The maximum atomic E-state index is 12.9. The molecule has 3 aromatic rings. The van der Waals surface area contributed by atoms with Crippen LogP contribution in [0.2, 0.25) is 0 Å². The zero-order chi connectivity index (χ0) is 18.4. The molecule has 1 fully saturated rings. The van der Waals surface area contributed by atoms with E-state index >= 15 is 0 Å². The van der Waals surface area contributed by atoms with Crippen molar-refractivity contribution >= 4 is 10.9 Å². The van der Waals surface area contributed by atoms with Gasteiger partial charge >= 0.3 is 5.69 Å². The second-order valence-corrected chi connectivity index (χ2v) is 7.10. The Morgan fingerprint density at radius 1 is 1.12 bits per heavy atom. The molecule has 0 N–H and O–H groups in total. The molecular weight excluding hydrogens is 330 g/mol. The fraction of sp³-hybridized carbons (Fsp3) is 0.400. The fourth-order valence-corrected chi connectivity index (χ4v) is 3.76. The van der Waals surface area contributed by atoms with Crippen LogP contribution < -0.4 is 11.2 Å². The van der Waals surface area contributed by atoms with Crippen LogP contribution in [0.3, 0.4) is 0 Å². The zero-order valence-corrected chi connectivity index (χ0v) is 15.4. The van der Waals surface area contributed by atoms with Crippen LogP contribution in [0.15, 0.2) is 40.1 Å². The maximum Gasteiger partial charge on any atom is 0.330 e. The first kappa shape index (κ1) is 16.8. The standard InChI is InChI=1S/C20H23N3O3/c1-13-6-8-14(9-7-13)18-17-16(21(2)20(25)22(3)19(17)24)12-23(18)11-15-5-4-10-26-15/h6-9,12,15H,4-5,10-11H2,1-3H3. The Morgan fingerprint density at radius 2 is 1.85 bits per heavy atom. The molecule has 1 unspecified atom stereocenters. The van der Waals surface area contributed by atoms with Crippen LogP contribution in [0, 0.1) is 6.92 Å². The van der Waals surface area contributed by atoms with Crippen molar-refractivity contribution in [3.63, 3.8) is 0 Å². The Labute approximate surface area is 151 Å². The number of aryl methyl sites for hydroxylation is 2. The summed E-state index contributed by atoms with van der Waals surface area (Å²) in [5, 5.41) is 0.580. The Hall–Kier alpha value is -2.60. The number of benzene rings is 1. The van der Waals surface area contributed by atoms with Gasteiger partial charge in [-0.25, -0.2) is 4.79 Å². The van der Waals surface area contributed by atoms with Crippen molar-refractivity contribution in [2.75, 3.05) is 6.61 Å². The first-order chi connectivity index (χ1) is 12.5. The van der Waals surface area contributed by atoms with E-state index in [1.165, 1.54) is 11.6 Å². The Kier molecular flexibility index (Phi) is 4.07. The molecule has 4 rings (SSSR count). The van der Waals surface area contributed by atoms with Crippen LogP contribution in [-0.4, -0.2) is 26.4 Å². The van der Waals surface area contributed by atoms with Gasteiger partial charge in [0.05, 0.1) is 22.7 Å². The lowest BCUT2D eigenvalue weighted by atomic mass is 10.1. The molecule has 6 heteroatoms. The van der Waals surface area contributed by atoms with Gasteiger partial charge in [0.25, 0.3) is 5.56 Å². The summed E-state index contributed by atoms with van der Waals surface area (Å²) in [5.41, 5.74) is 3.07. The second-order valence-electron chi connectivity index (χ2n) is 7.10. The van der Waals surface area contributed by atoms with Crippen LogP contribution in [0.4, 0.5) is 0 Å². The number of ether oxygens (including phenoxy) is 1. The van der Waals surface area contributed by atoms with E-state index in [0.29, 0.717) is 17.4 Å². The Balaban J connectivity index is 2.02. The Morgan fingerprint density at radius 3 is 2.50 bits per heavy atom. The van der Waals surface area contributed by atoms with Gasteiger partial charge in [0.1, 0.15) is 0 Å². The van der Waals surface area contributed by atoms with E-state index in [2.05, 4.69) is 4.57 Å². The van der Waals surface area contributed by atoms with Crippen LogP contribution in [0.5, 0.6) is 0 Å². The highest BCUT2D eigenvalue weighted by Crippen LogP contribution is 2.29. The molecule has 1 atom stereocenters. The van der Waals surface area contributed by atoms with E-state index in [-0.39, 0.29) is 17.4 Å². The fourth-order valence-electron chi connectivity index (χ4n) is 3.76. The molecular formula is C20H23N3O3. The molecule has 6 nitrogen and oxygen atoms in total. The maximum absolute atomic E-state index is 12.9. The SMILES string of the molecule is Cc1ccc(-c2c3c(=O)n(C)c(=O)n(C)c3cn2CC2CCCO2)cc1. The number of fused-ring (bicyclic) bond motifs is 1. The topological polar surface area (TPSA) is 58.2 Å². The molecule has 0 aliphatic carbocycles. The van der Waals surface area contributed by atoms with Gasteiger partial charge < -0.3 is 9.30 Å². The van der Waals surface area contributed by atoms with Gasteiger partial charge in [-0.05, 0) is 25.3 Å². The summed E-state index contributed by atoms with van der Waals surface area (Å²) in [6.07, 6.45) is 4.13. The van der Waals surface area contributed by atoms with Crippen molar-refractivity contribution in [3.05, 3.63) is 56.9 Å². The van der Waals surface area contributed by atoms with Crippen LogP contribution in [0.1, 0.15) is 18.4 Å². The molecule has 1 aliphatic rings. The van der Waals surface area contributed by atoms with Crippen LogP contribution >= 0.6 is 0 Å². The lowest BCUT2D eigenvalue weighted by molar-refractivity contribution is 0.0975. The third kappa shape index (κ3) is 2.61. The van der Waals surface area contributed by atoms with Crippen LogP contribution in [-0.2, 0) is 25.4 Å². The summed E-state index contributed by atoms with van der Waals surface area (Å²) in [5.74, 6) is 0. The lowest BCUT2D eigenvalue weighted by Gasteiger charge is -2.14. The van der Waals surface area contributed by atoms with Gasteiger partial charge in [-0.1, -0.05) is 29.8 Å². The first-order valence-electron chi connectivity index (χ1n) is 8.95.